The number of nitrogens with zero attached hydrogens (tertiary/aromatic N) is 2. The van der Waals surface area contributed by atoms with Gasteiger partial charge in [-0.2, -0.15) is 31.1 Å². The maximum atomic E-state index is 13.4. The summed E-state index contributed by atoms with van der Waals surface area (Å²) in [7, 11) is 1.59. The highest BCUT2D eigenvalue weighted by Crippen LogP contribution is 2.41. The van der Waals surface area contributed by atoms with E-state index >= 15 is 0 Å². The van der Waals surface area contributed by atoms with Crippen LogP contribution in [0.2, 0.25) is 5.15 Å². The molecule has 2 aromatic carbocycles. The molecule has 0 saturated heterocycles. The number of aromatic nitrogens is 1. The van der Waals surface area contributed by atoms with Crippen molar-refractivity contribution in [3.8, 4) is 11.1 Å². The smallest absolute Gasteiger partial charge is 0.416 e. The average Bonchev–Trinajstić information content (AvgIpc) is 2.74. The van der Waals surface area contributed by atoms with E-state index < -0.39 is 28.9 Å². The largest absolute Gasteiger partial charge is 0.618 e. The minimum atomic E-state index is -4.95. The van der Waals surface area contributed by atoms with Gasteiger partial charge >= 0.3 is 17.5 Å². The standard InChI is InChI=1S/C25H23ClF6N2O/c1-15-7-5-6-8-19(15)20-9-10-34(35)22(26)21(20)33(4)14-23(2,3)16-11-17(24(27,28)29)13-18(12-16)25(30,31)32/h5-13H,14H2,1-4H3. The summed E-state index contributed by atoms with van der Waals surface area (Å²) in [6.45, 7) is 4.91. The summed E-state index contributed by atoms with van der Waals surface area (Å²) in [5, 5.41) is 12.1. The number of halogens is 7. The molecule has 0 bridgehead atoms. The molecule has 0 aliphatic heterocycles. The Balaban J connectivity index is 2.11. The molecule has 0 saturated carbocycles. The van der Waals surface area contributed by atoms with Crippen molar-refractivity contribution in [2.45, 2.75) is 38.5 Å². The van der Waals surface area contributed by atoms with Crippen molar-refractivity contribution in [3.63, 3.8) is 0 Å². The molecule has 0 aliphatic rings. The molecule has 35 heavy (non-hydrogen) atoms. The second kappa shape index (κ2) is 9.26. The van der Waals surface area contributed by atoms with Gasteiger partial charge in [0, 0.05) is 30.6 Å². The maximum Gasteiger partial charge on any atom is 0.416 e. The van der Waals surface area contributed by atoms with Crippen LogP contribution in [0.25, 0.3) is 11.1 Å². The first-order chi connectivity index (χ1) is 16.0. The Labute approximate surface area is 204 Å². The van der Waals surface area contributed by atoms with Crippen LogP contribution in [0.4, 0.5) is 32.0 Å². The van der Waals surface area contributed by atoms with Crippen LogP contribution in [0.1, 0.15) is 36.1 Å². The number of hydrogen-bond acceptors (Lipinski definition) is 2. The molecule has 0 spiro atoms. The van der Waals surface area contributed by atoms with Crippen LogP contribution >= 0.6 is 11.6 Å². The molecule has 3 nitrogen and oxygen atoms in total. The molecular formula is C25H23ClF6N2O. The first-order valence-electron chi connectivity index (χ1n) is 10.5. The van der Waals surface area contributed by atoms with E-state index in [0.717, 1.165) is 23.3 Å². The molecule has 10 heteroatoms. The third kappa shape index (κ3) is 5.66. The zero-order valence-corrected chi connectivity index (χ0v) is 20.1. The van der Waals surface area contributed by atoms with Crippen LogP contribution in [0, 0.1) is 12.1 Å². The third-order valence-corrected chi connectivity index (χ3v) is 6.18. The van der Waals surface area contributed by atoms with E-state index in [4.69, 9.17) is 11.6 Å². The summed E-state index contributed by atoms with van der Waals surface area (Å²) >= 11 is 6.35. The fourth-order valence-corrected chi connectivity index (χ4v) is 4.37. The van der Waals surface area contributed by atoms with Crippen molar-refractivity contribution < 1.29 is 31.1 Å². The Morgan fingerprint density at radius 3 is 1.89 bits per heavy atom. The molecule has 0 amide bonds. The lowest BCUT2D eigenvalue weighted by Gasteiger charge is -2.33. The second-order valence-electron chi connectivity index (χ2n) is 9.04. The predicted octanol–water partition coefficient (Wildman–Crippen LogP) is 7.40. The minimum absolute atomic E-state index is 0.0335. The number of pyridine rings is 1. The molecule has 3 rings (SSSR count). The topological polar surface area (TPSA) is 30.2 Å². The van der Waals surface area contributed by atoms with Crippen LogP contribution in [-0.2, 0) is 17.8 Å². The van der Waals surface area contributed by atoms with Gasteiger partial charge in [0.05, 0.1) is 11.1 Å². The van der Waals surface area contributed by atoms with Crippen LogP contribution in [0.15, 0.2) is 54.7 Å². The molecule has 3 aromatic rings. The summed E-state index contributed by atoms with van der Waals surface area (Å²) in [4.78, 5) is 1.58. The van der Waals surface area contributed by atoms with Gasteiger partial charge < -0.3 is 10.1 Å². The number of rotatable bonds is 5. The second-order valence-corrected chi connectivity index (χ2v) is 9.40. The highest BCUT2D eigenvalue weighted by molar-refractivity contribution is 6.31. The van der Waals surface area contributed by atoms with Crippen molar-refractivity contribution >= 4 is 17.3 Å². The summed E-state index contributed by atoms with van der Waals surface area (Å²) in [5.41, 5.74) is -1.49. The highest BCUT2D eigenvalue weighted by Gasteiger charge is 2.39. The Hall–Kier alpha value is -2.94. The molecule has 0 N–H and O–H groups in total. The van der Waals surface area contributed by atoms with E-state index in [-0.39, 0.29) is 23.3 Å². The van der Waals surface area contributed by atoms with E-state index in [9.17, 15) is 31.5 Å². The quantitative estimate of drug-likeness (QED) is 0.153. The van der Waals surface area contributed by atoms with Gasteiger partial charge in [-0.3, -0.25) is 0 Å². The Morgan fingerprint density at radius 2 is 1.37 bits per heavy atom. The molecule has 1 heterocycles. The molecule has 0 radical (unpaired) electrons. The van der Waals surface area contributed by atoms with E-state index in [1.54, 1.807) is 18.0 Å². The van der Waals surface area contributed by atoms with Crippen LogP contribution in [0.3, 0.4) is 0 Å². The van der Waals surface area contributed by atoms with Gasteiger partial charge in [-0.05, 0) is 53.4 Å². The Morgan fingerprint density at radius 1 is 0.857 bits per heavy atom. The number of hydrogen-bond donors (Lipinski definition) is 0. The summed E-state index contributed by atoms with van der Waals surface area (Å²) in [6.07, 6.45) is -8.66. The van der Waals surface area contributed by atoms with E-state index in [1.807, 2.05) is 31.2 Å². The lowest BCUT2D eigenvalue weighted by atomic mass is 9.82. The van der Waals surface area contributed by atoms with Crippen molar-refractivity contribution in [1.29, 1.82) is 0 Å². The first-order valence-corrected chi connectivity index (χ1v) is 10.9. The number of alkyl halides is 6. The van der Waals surface area contributed by atoms with Gasteiger partial charge in [-0.1, -0.05) is 38.1 Å². The summed E-state index contributed by atoms with van der Waals surface area (Å²) in [6, 6.07) is 10.5. The minimum Gasteiger partial charge on any atom is -0.618 e. The van der Waals surface area contributed by atoms with E-state index in [0.29, 0.717) is 16.0 Å². The van der Waals surface area contributed by atoms with Gasteiger partial charge in [-0.25, -0.2) is 0 Å². The van der Waals surface area contributed by atoms with Crippen LogP contribution in [0.5, 0.6) is 0 Å². The first kappa shape index (κ1) is 26.7. The van der Waals surface area contributed by atoms with Crippen molar-refractivity contribution in [3.05, 3.63) is 87.3 Å². The Bertz CT molecular complexity index is 1210. The SMILES string of the molecule is Cc1ccccc1-c1cc[n+]([O-])c(Cl)c1N(C)CC(C)(C)c1cc(C(F)(F)F)cc(C(F)(F)F)c1. The number of benzene rings is 2. The number of aryl methyl sites for hydroxylation is 1. The number of likely N-dealkylation sites (N-methyl/N-ethyl adjacent to an activating group) is 1. The van der Waals surface area contributed by atoms with Gasteiger partial charge in [0.25, 0.3) is 0 Å². The lowest BCUT2D eigenvalue weighted by molar-refractivity contribution is -0.602. The Kier molecular flexibility index (Phi) is 7.05. The molecule has 1 aromatic heterocycles. The maximum absolute atomic E-state index is 13.4. The normalized spacial score (nSPS) is 12.7. The monoisotopic (exact) mass is 516 g/mol. The zero-order chi connectivity index (χ0) is 26.3. The molecule has 0 atom stereocenters. The number of anilines is 1. The van der Waals surface area contributed by atoms with Gasteiger partial charge in [0.1, 0.15) is 5.69 Å². The summed E-state index contributed by atoms with van der Waals surface area (Å²) < 4.78 is 80.8. The van der Waals surface area contributed by atoms with Crippen molar-refractivity contribution in [2.24, 2.45) is 0 Å². The molecule has 0 unspecified atom stereocenters. The predicted molar refractivity (Wildman–Crippen MR) is 123 cm³/mol. The van der Waals surface area contributed by atoms with Gasteiger partial charge in [-0.15, -0.1) is 0 Å². The lowest BCUT2D eigenvalue weighted by Crippen LogP contribution is -2.38. The van der Waals surface area contributed by atoms with Crippen molar-refractivity contribution in [1.82, 2.24) is 0 Å². The van der Waals surface area contributed by atoms with Crippen LogP contribution in [-0.4, -0.2) is 13.6 Å². The van der Waals surface area contributed by atoms with Gasteiger partial charge in [0.2, 0.25) is 0 Å². The molecule has 0 fully saturated rings. The summed E-state index contributed by atoms with van der Waals surface area (Å²) in [5.74, 6) is 0. The highest BCUT2D eigenvalue weighted by atomic mass is 35.5. The fraction of sp³-hybridized carbons (Fsp3) is 0.320. The zero-order valence-electron chi connectivity index (χ0n) is 19.4. The van der Waals surface area contributed by atoms with E-state index in [2.05, 4.69) is 0 Å². The van der Waals surface area contributed by atoms with Gasteiger partial charge in [0.15, 0.2) is 6.20 Å². The van der Waals surface area contributed by atoms with E-state index in [1.165, 1.54) is 20.0 Å². The molecular weight excluding hydrogens is 494 g/mol. The van der Waals surface area contributed by atoms with Crippen molar-refractivity contribution in [2.75, 3.05) is 18.5 Å². The molecule has 188 valence electrons. The average molecular weight is 517 g/mol. The van der Waals surface area contributed by atoms with Crippen LogP contribution < -0.4 is 9.63 Å². The third-order valence-electron chi connectivity index (χ3n) is 5.84. The molecule has 0 aliphatic carbocycles. The fourth-order valence-electron chi connectivity index (χ4n) is 4.07.